The highest BCUT2D eigenvalue weighted by atomic mass is 35.5. The Hall–Kier alpha value is -1.59. The largest absolute Gasteiger partial charge is 1.00 e. The van der Waals surface area contributed by atoms with E-state index in [4.69, 9.17) is 4.74 Å². The average Bonchev–Trinajstić information content (AvgIpc) is 2.91. The van der Waals surface area contributed by atoms with Crippen molar-refractivity contribution in [1.82, 2.24) is 0 Å². The third-order valence-corrected chi connectivity index (χ3v) is 4.33. The summed E-state index contributed by atoms with van der Waals surface area (Å²) in [5.74, 6) is 2.10. The van der Waals surface area contributed by atoms with Gasteiger partial charge in [-0.3, -0.25) is 4.90 Å². The van der Waals surface area contributed by atoms with E-state index in [9.17, 15) is 0 Å². The second-order valence-corrected chi connectivity index (χ2v) is 5.93. The summed E-state index contributed by atoms with van der Waals surface area (Å²) in [4.78, 5) is 6.07. The Labute approximate surface area is 162 Å². The highest BCUT2D eigenvalue weighted by Crippen LogP contribution is 2.24. The van der Waals surface area contributed by atoms with E-state index >= 15 is 0 Å². The number of fused-ring (bicyclic) bond motifs is 1. The third-order valence-electron chi connectivity index (χ3n) is 4.33. The molecule has 1 aliphatic rings. The van der Waals surface area contributed by atoms with E-state index in [1.807, 2.05) is 12.1 Å². The standard InChI is InChI=1S/C19H23N3O.2ClH/c1-15-21-18-6-3-4-7-19(18)22(15)13-5-12-20-14-16-8-10-17(23-2)11-9-16;;/h3-4,6-11,20H,5,12-14H2,1-2H3;2*1H. The molecule has 0 amide bonds. The van der Waals surface area contributed by atoms with Crippen LogP contribution in [0.15, 0.2) is 53.5 Å². The molecule has 1 unspecified atom stereocenters. The summed E-state index contributed by atoms with van der Waals surface area (Å²) in [7, 11) is 1.70. The first-order valence-corrected chi connectivity index (χ1v) is 8.23. The highest BCUT2D eigenvalue weighted by molar-refractivity contribution is 5.84. The number of hydrogen-bond acceptors (Lipinski definition) is 2. The zero-order valence-corrected chi connectivity index (χ0v) is 16.1. The predicted octanol–water partition coefficient (Wildman–Crippen LogP) is -4.56. The molecule has 0 aromatic heterocycles. The molecule has 0 spiro atoms. The molecule has 1 heterocycles. The van der Waals surface area contributed by atoms with Crippen LogP contribution in [0.4, 0.5) is 11.4 Å². The Bertz CT molecular complexity index is 689. The van der Waals surface area contributed by atoms with Gasteiger partial charge < -0.3 is 34.9 Å². The molecule has 2 aromatic rings. The number of ether oxygens (including phenoxy) is 1. The molecule has 2 aromatic carbocycles. The molecule has 3 rings (SSSR count). The van der Waals surface area contributed by atoms with Gasteiger partial charge in [-0.1, -0.05) is 12.1 Å². The van der Waals surface area contributed by atoms with Crippen molar-refractivity contribution in [2.75, 3.05) is 20.2 Å². The molecular formula is C19H25Cl2N3O. The van der Waals surface area contributed by atoms with Crippen LogP contribution in [0.3, 0.4) is 0 Å². The molecule has 4 nitrogen and oxygen atoms in total. The Balaban J connectivity index is 0.00000156. The van der Waals surface area contributed by atoms with Crippen molar-refractivity contribution in [3.8, 4) is 5.75 Å². The van der Waals surface area contributed by atoms with Gasteiger partial charge in [-0.25, -0.2) is 0 Å². The Morgan fingerprint density at radius 3 is 2.48 bits per heavy atom. The van der Waals surface area contributed by atoms with Gasteiger partial charge in [0.15, 0.2) is 5.69 Å². The molecule has 3 N–H and O–H groups in total. The van der Waals surface area contributed by atoms with Gasteiger partial charge >= 0.3 is 0 Å². The van der Waals surface area contributed by atoms with Gasteiger partial charge in [0, 0.05) is 25.0 Å². The molecule has 0 radical (unpaired) electrons. The monoisotopic (exact) mass is 381 g/mol. The predicted molar refractivity (Wildman–Crippen MR) is 92.8 cm³/mol. The molecule has 136 valence electrons. The van der Waals surface area contributed by atoms with Gasteiger partial charge in [0.25, 0.3) is 0 Å². The van der Waals surface area contributed by atoms with Gasteiger partial charge in [0.2, 0.25) is 5.84 Å². The first-order valence-electron chi connectivity index (χ1n) is 8.23. The van der Waals surface area contributed by atoms with Crippen LogP contribution in [-0.2, 0) is 6.54 Å². The van der Waals surface area contributed by atoms with Gasteiger partial charge in [-0.2, -0.15) is 4.99 Å². The summed E-state index contributed by atoms with van der Waals surface area (Å²) in [6.07, 6.45) is 1.17. The highest BCUT2D eigenvalue weighted by Gasteiger charge is 2.25. The molecule has 0 aliphatic carbocycles. The van der Waals surface area contributed by atoms with Crippen LogP contribution in [0.25, 0.3) is 0 Å². The van der Waals surface area contributed by atoms with Crippen LogP contribution in [0.1, 0.15) is 18.9 Å². The van der Waals surface area contributed by atoms with Gasteiger partial charge in [0.1, 0.15) is 18.0 Å². The fourth-order valence-electron chi connectivity index (χ4n) is 3.04. The minimum Gasteiger partial charge on any atom is -1.00 e. The summed E-state index contributed by atoms with van der Waals surface area (Å²) in [5.41, 5.74) is 3.78. The fraction of sp³-hybridized carbons (Fsp3) is 0.316. The van der Waals surface area contributed by atoms with Crippen molar-refractivity contribution >= 4 is 17.2 Å². The van der Waals surface area contributed by atoms with Crippen molar-refractivity contribution < 1.29 is 39.8 Å². The quantitative estimate of drug-likeness (QED) is 0.466. The van der Waals surface area contributed by atoms with E-state index in [1.165, 1.54) is 28.4 Å². The third kappa shape index (κ3) is 5.44. The number of benzene rings is 2. The van der Waals surface area contributed by atoms with Crippen LogP contribution in [0.2, 0.25) is 0 Å². The minimum absolute atomic E-state index is 0. The van der Waals surface area contributed by atoms with Gasteiger partial charge in [-0.05, 0) is 30.3 Å². The van der Waals surface area contributed by atoms with Gasteiger partial charge in [-0.15, -0.1) is 0 Å². The van der Waals surface area contributed by atoms with E-state index in [0.29, 0.717) is 0 Å². The fourth-order valence-corrected chi connectivity index (χ4v) is 3.04. The van der Waals surface area contributed by atoms with E-state index in [-0.39, 0.29) is 24.8 Å². The normalized spacial score (nSPS) is 14.8. The number of rotatable bonds is 7. The number of nitrogens with one attached hydrogen (secondary N) is 1. The molecule has 1 aliphatic heterocycles. The van der Waals surface area contributed by atoms with Crippen LogP contribution in [0, 0.1) is 0 Å². The summed E-state index contributed by atoms with van der Waals surface area (Å²) in [5, 5.41) is 2.37. The van der Waals surface area contributed by atoms with Crippen LogP contribution >= 0.6 is 0 Å². The number of quaternary nitrogens is 2. The number of amidine groups is 1. The lowest BCUT2D eigenvalue weighted by atomic mass is 10.2. The lowest BCUT2D eigenvalue weighted by Gasteiger charge is -2.12. The van der Waals surface area contributed by atoms with E-state index in [2.05, 4.69) is 53.6 Å². The number of aliphatic imine (C=N–C) groups is 1. The summed E-state index contributed by atoms with van der Waals surface area (Å²) < 4.78 is 5.18. The van der Waals surface area contributed by atoms with Gasteiger partial charge in [0.05, 0.1) is 20.2 Å². The lowest BCUT2D eigenvalue weighted by molar-refractivity contribution is -0.737. The molecule has 25 heavy (non-hydrogen) atoms. The van der Waals surface area contributed by atoms with Crippen molar-refractivity contribution in [3.05, 3.63) is 54.1 Å². The number of nitrogens with zero attached hydrogens (tertiary/aromatic N) is 1. The molecule has 0 saturated carbocycles. The van der Waals surface area contributed by atoms with Crippen molar-refractivity contribution in [2.45, 2.75) is 19.9 Å². The topological polar surface area (TPSA) is 42.6 Å². The molecule has 1 atom stereocenters. The maximum absolute atomic E-state index is 5.18. The molecule has 0 bridgehead atoms. The number of hydrogen-bond donors (Lipinski definition) is 2. The Morgan fingerprint density at radius 2 is 1.76 bits per heavy atom. The van der Waals surface area contributed by atoms with Crippen molar-refractivity contribution in [1.29, 1.82) is 0 Å². The van der Waals surface area contributed by atoms with E-state index in [0.717, 1.165) is 31.1 Å². The number of halogens is 2. The SMILES string of the molecule is COc1ccc(C[NH2+]CCC[NH+]2C(C)=Nc3ccccc32)cc1.[Cl-].[Cl-]. The first-order chi connectivity index (χ1) is 11.3. The van der Waals surface area contributed by atoms with Crippen LogP contribution in [0.5, 0.6) is 5.75 Å². The summed E-state index contributed by atoms with van der Waals surface area (Å²) in [6, 6.07) is 16.8. The number of para-hydroxylation sites is 2. The first kappa shape index (κ1) is 21.5. The molecule has 6 heteroatoms. The second kappa shape index (κ2) is 10.4. The average molecular weight is 382 g/mol. The molecule has 0 saturated heterocycles. The summed E-state index contributed by atoms with van der Waals surface area (Å²) >= 11 is 0. The van der Waals surface area contributed by atoms with Crippen LogP contribution < -0.4 is 39.8 Å². The Morgan fingerprint density at radius 1 is 1.04 bits per heavy atom. The zero-order valence-electron chi connectivity index (χ0n) is 14.6. The van der Waals surface area contributed by atoms with Crippen molar-refractivity contribution in [2.24, 2.45) is 4.99 Å². The smallest absolute Gasteiger partial charge is 0.203 e. The number of methoxy groups -OCH3 is 1. The second-order valence-electron chi connectivity index (χ2n) is 5.93. The number of nitrogens with two attached hydrogens (primary N) is 1. The van der Waals surface area contributed by atoms with E-state index < -0.39 is 0 Å². The Kier molecular flexibility index (Phi) is 8.93. The maximum Gasteiger partial charge on any atom is 0.203 e. The zero-order chi connectivity index (χ0) is 16.1. The van der Waals surface area contributed by atoms with Crippen molar-refractivity contribution in [3.63, 3.8) is 0 Å². The summed E-state index contributed by atoms with van der Waals surface area (Å²) in [6.45, 7) is 5.37. The van der Waals surface area contributed by atoms with E-state index in [1.54, 1.807) is 7.11 Å². The maximum atomic E-state index is 5.18. The molecule has 0 fully saturated rings. The van der Waals surface area contributed by atoms with Crippen LogP contribution in [-0.4, -0.2) is 26.0 Å². The lowest BCUT2D eigenvalue weighted by Crippen LogP contribution is -3.09. The minimum atomic E-state index is 0. The molecular weight excluding hydrogens is 357 g/mol.